The lowest BCUT2D eigenvalue weighted by Crippen LogP contribution is -2.13. The third-order valence-corrected chi connectivity index (χ3v) is 4.20. The van der Waals surface area contributed by atoms with Gasteiger partial charge in [-0.25, -0.2) is 0 Å². The topological polar surface area (TPSA) is 71.3 Å². The highest BCUT2D eigenvalue weighted by Gasteiger charge is 2.13. The zero-order valence-corrected chi connectivity index (χ0v) is 15.6. The zero-order chi connectivity index (χ0) is 19.3. The molecule has 0 unspecified atom stereocenters. The van der Waals surface area contributed by atoms with Gasteiger partial charge in [-0.1, -0.05) is 6.07 Å². The second-order valence-electron chi connectivity index (χ2n) is 5.99. The maximum atomic E-state index is 12.5. The highest BCUT2D eigenvalue weighted by molar-refractivity contribution is 6.09. The number of carbonyl (C=O) groups is 1. The van der Waals surface area contributed by atoms with Gasteiger partial charge in [-0.15, -0.1) is 0 Å². The largest absolute Gasteiger partial charge is 0.493 e. The number of amides is 1. The first kappa shape index (κ1) is 19.1. The molecule has 134 valence electrons. The van der Waals surface area contributed by atoms with Crippen molar-refractivity contribution >= 4 is 17.7 Å². The highest BCUT2D eigenvalue weighted by Crippen LogP contribution is 2.31. The molecule has 0 fully saturated rings. The number of rotatable bonds is 5. The predicted molar refractivity (Wildman–Crippen MR) is 102 cm³/mol. The van der Waals surface area contributed by atoms with Gasteiger partial charge in [0, 0.05) is 5.69 Å². The average molecular weight is 350 g/mol. The summed E-state index contributed by atoms with van der Waals surface area (Å²) in [5.74, 6) is 0.682. The second kappa shape index (κ2) is 8.21. The number of benzene rings is 2. The van der Waals surface area contributed by atoms with E-state index < -0.39 is 5.91 Å². The van der Waals surface area contributed by atoms with Crippen LogP contribution in [0.25, 0.3) is 6.08 Å². The smallest absolute Gasteiger partial charge is 0.266 e. The molecular formula is C21H22N2O3. The lowest BCUT2D eigenvalue weighted by molar-refractivity contribution is -0.112. The Balaban J connectivity index is 2.33. The Kier molecular flexibility index (Phi) is 6.03. The molecule has 1 amide bonds. The lowest BCUT2D eigenvalue weighted by Gasteiger charge is -2.11. The molecule has 2 rings (SSSR count). The number of ether oxygens (including phenoxy) is 2. The van der Waals surface area contributed by atoms with Crippen LogP contribution in [0.3, 0.4) is 0 Å². The number of carbonyl (C=O) groups excluding carboxylic acids is 1. The van der Waals surface area contributed by atoms with Crippen LogP contribution in [-0.2, 0) is 4.79 Å². The van der Waals surface area contributed by atoms with Crippen LogP contribution in [0.4, 0.5) is 5.69 Å². The average Bonchev–Trinajstić information content (AvgIpc) is 2.63. The Morgan fingerprint density at radius 3 is 2.23 bits per heavy atom. The summed E-state index contributed by atoms with van der Waals surface area (Å²) in [4.78, 5) is 12.5. The van der Waals surface area contributed by atoms with Crippen molar-refractivity contribution in [1.29, 1.82) is 5.26 Å². The molecule has 5 heteroatoms. The second-order valence-corrected chi connectivity index (χ2v) is 5.99. The van der Waals surface area contributed by atoms with E-state index in [1.54, 1.807) is 25.3 Å². The molecule has 2 aromatic carbocycles. The van der Waals surface area contributed by atoms with Crippen molar-refractivity contribution < 1.29 is 14.3 Å². The van der Waals surface area contributed by atoms with Gasteiger partial charge in [0.05, 0.1) is 14.2 Å². The van der Waals surface area contributed by atoms with Crippen LogP contribution in [0.5, 0.6) is 11.5 Å². The summed E-state index contributed by atoms with van der Waals surface area (Å²) in [6, 6.07) is 11.1. The van der Waals surface area contributed by atoms with Gasteiger partial charge >= 0.3 is 0 Å². The van der Waals surface area contributed by atoms with Crippen molar-refractivity contribution in [2.45, 2.75) is 20.8 Å². The summed E-state index contributed by atoms with van der Waals surface area (Å²) < 4.78 is 10.6. The minimum absolute atomic E-state index is 0.0125. The predicted octanol–water partition coefficient (Wildman–Crippen LogP) is 4.17. The minimum atomic E-state index is -0.454. The summed E-state index contributed by atoms with van der Waals surface area (Å²) in [6.45, 7) is 5.85. The summed E-state index contributed by atoms with van der Waals surface area (Å²) >= 11 is 0. The highest BCUT2D eigenvalue weighted by atomic mass is 16.5. The van der Waals surface area contributed by atoms with E-state index in [2.05, 4.69) is 5.32 Å². The third kappa shape index (κ3) is 4.22. The molecule has 0 saturated heterocycles. The molecule has 26 heavy (non-hydrogen) atoms. The van der Waals surface area contributed by atoms with E-state index in [4.69, 9.17) is 9.47 Å². The Bertz CT molecular complexity index is 908. The van der Waals surface area contributed by atoms with Crippen molar-refractivity contribution in [3.8, 4) is 17.6 Å². The quantitative estimate of drug-likeness (QED) is 0.649. The number of nitriles is 1. The molecule has 0 heterocycles. The van der Waals surface area contributed by atoms with Gasteiger partial charge in [0.15, 0.2) is 11.5 Å². The maximum absolute atomic E-state index is 12.5. The number of hydrogen-bond acceptors (Lipinski definition) is 4. The first-order valence-electron chi connectivity index (χ1n) is 8.12. The fourth-order valence-electron chi connectivity index (χ4n) is 2.47. The van der Waals surface area contributed by atoms with E-state index >= 15 is 0 Å². The summed E-state index contributed by atoms with van der Waals surface area (Å²) in [5.41, 5.74) is 4.46. The maximum Gasteiger partial charge on any atom is 0.266 e. The van der Waals surface area contributed by atoms with Crippen LogP contribution in [0.15, 0.2) is 35.9 Å². The number of nitrogens with zero attached hydrogens (tertiary/aromatic N) is 1. The Morgan fingerprint density at radius 2 is 1.65 bits per heavy atom. The fraction of sp³-hybridized carbons (Fsp3) is 0.238. The number of anilines is 1. The summed E-state index contributed by atoms with van der Waals surface area (Å²) in [5, 5.41) is 12.2. The van der Waals surface area contributed by atoms with Crippen LogP contribution < -0.4 is 14.8 Å². The van der Waals surface area contributed by atoms with Crippen LogP contribution in [0, 0.1) is 32.1 Å². The summed E-state index contributed by atoms with van der Waals surface area (Å²) in [6.07, 6.45) is 1.55. The number of nitrogens with one attached hydrogen (secondary N) is 1. The van der Waals surface area contributed by atoms with Crippen molar-refractivity contribution in [1.82, 2.24) is 0 Å². The Labute approximate surface area is 153 Å². The van der Waals surface area contributed by atoms with Gasteiger partial charge in [0.2, 0.25) is 0 Å². The molecule has 0 bridgehead atoms. The van der Waals surface area contributed by atoms with E-state index in [1.807, 2.05) is 45.0 Å². The molecule has 0 aliphatic rings. The van der Waals surface area contributed by atoms with Crippen molar-refractivity contribution in [2.75, 3.05) is 19.5 Å². The number of hydrogen-bond donors (Lipinski definition) is 1. The lowest BCUT2D eigenvalue weighted by atomic mass is 10.0. The van der Waals surface area contributed by atoms with Crippen LogP contribution >= 0.6 is 0 Å². The minimum Gasteiger partial charge on any atom is -0.493 e. The van der Waals surface area contributed by atoms with Crippen molar-refractivity contribution in [3.05, 3.63) is 58.2 Å². The molecule has 5 nitrogen and oxygen atoms in total. The van der Waals surface area contributed by atoms with Crippen molar-refractivity contribution in [3.63, 3.8) is 0 Å². The van der Waals surface area contributed by atoms with E-state index in [-0.39, 0.29) is 5.57 Å². The number of aryl methyl sites for hydroxylation is 3. The molecule has 0 saturated carbocycles. The standard InChI is InChI=1S/C21H22N2O3/c1-13-6-7-18(8-14(13)2)23-21(24)17(12-22)10-16-11-20(26-5)19(25-4)9-15(16)3/h6-11H,1-5H3,(H,23,24)/b17-10-. The van der Waals surface area contributed by atoms with Crippen molar-refractivity contribution in [2.24, 2.45) is 0 Å². The fourth-order valence-corrected chi connectivity index (χ4v) is 2.47. The molecule has 2 aromatic rings. The van der Waals surface area contributed by atoms with Gasteiger partial charge in [-0.3, -0.25) is 4.79 Å². The normalized spacial score (nSPS) is 10.8. The van der Waals surface area contributed by atoms with Gasteiger partial charge < -0.3 is 14.8 Å². The van der Waals surface area contributed by atoms with E-state index in [0.29, 0.717) is 17.2 Å². The van der Waals surface area contributed by atoms with E-state index in [9.17, 15) is 10.1 Å². The molecule has 0 aliphatic heterocycles. The first-order chi connectivity index (χ1) is 12.4. The van der Waals surface area contributed by atoms with Crippen LogP contribution in [0.2, 0.25) is 0 Å². The molecular weight excluding hydrogens is 328 g/mol. The number of methoxy groups -OCH3 is 2. The van der Waals surface area contributed by atoms with Crippen LogP contribution in [-0.4, -0.2) is 20.1 Å². The Hall–Kier alpha value is -3.26. The zero-order valence-electron chi connectivity index (χ0n) is 15.6. The monoisotopic (exact) mass is 350 g/mol. The van der Waals surface area contributed by atoms with Gasteiger partial charge in [0.25, 0.3) is 5.91 Å². The van der Waals surface area contributed by atoms with E-state index in [0.717, 1.165) is 22.3 Å². The molecule has 0 aromatic heterocycles. The van der Waals surface area contributed by atoms with Crippen LogP contribution in [0.1, 0.15) is 22.3 Å². The molecule has 0 aliphatic carbocycles. The van der Waals surface area contributed by atoms with E-state index in [1.165, 1.54) is 7.11 Å². The summed E-state index contributed by atoms with van der Waals surface area (Å²) in [7, 11) is 3.10. The molecule has 1 N–H and O–H groups in total. The molecule has 0 atom stereocenters. The molecule has 0 radical (unpaired) electrons. The third-order valence-electron chi connectivity index (χ3n) is 4.20. The first-order valence-corrected chi connectivity index (χ1v) is 8.12. The van der Waals surface area contributed by atoms with Gasteiger partial charge in [0.1, 0.15) is 11.6 Å². The van der Waals surface area contributed by atoms with Gasteiger partial charge in [-0.05, 0) is 73.4 Å². The SMILES string of the molecule is COc1cc(C)c(/C=C(/C#N)C(=O)Nc2ccc(C)c(C)c2)cc1OC. The van der Waals surface area contributed by atoms with Gasteiger partial charge in [-0.2, -0.15) is 5.26 Å². The Morgan fingerprint density at radius 1 is 1.00 bits per heavy atom. The molecule has 0 spiro atoms.